The van der Waals surface area contributed by atoms with Crippen LogP contribution in [0.25, 0.3) is 0 Å². The Bertz CT molecular complexity index is 866. The highest BCUT2D eigenvalue weighted by atomic mass is 16.3. The minimum absolute atomic E-state index is 0.0256. The van der Waals surface area contributed by atoms with E-state index in [2.05, 4.69) is 39.6 Å². The van der Waals surface area contributed by atoms with E-state index in [9.17, 15) is 9.90 Å². The second-order valence-corrected chi connectivity index (χ2v) is 7.65. The lowest BCUT2D eigenvalue weighted by atomic mass is 9.77. The van der Waals surface area contributed by atoms with Crippen molar-refractivity contribution in [2.24, 2.45) is 5.92 Å². The smallest absolute Gasteiger partial charge is 0.220 e. The van der Waals surface area contributed by atoms with Gasteiger partial charge in [-0.15, -0.1) is 0 Å². The monoisotopic (exact) mass is 375 g/mol. The number of nitrogens with one attached hydrogen (secondary N) is 2. The highest BCUT2D eigenvalue weighted by Gasteiger charge is 2.40. The molecule has 0 bridgehead atoms. The molecule has 1 saturated heterocycles. The molecule has 3 atom stereocenters. The summed E-state index contributed by atoms with van der Waals surface area (Å²) in [5.74, 6) is 7.17. The zero-order valence-corrected chi connectivity index (χ0v) is 15.8. The van der Waals surface area contributed by atoms with Crippen molar-refractivity contribution in [2.75, 3.05) is 13.2 Å². The lowest BCUT2D eigenvalue weighted by molar-refractivity contribution is -0.121. The quantitative estimate of drug-likeness (QED) is 0.674. The highest BCUT2D eigenvalue weighted by molar-refractivity contribution is 5.76. The molecule has 0 spiro atoms. The van der Waals surface area contributed by atoms with Gasteiger partial charge in [0.2, 0.25) is 5.91 Å². The molecule has 2 fully saturated rings. The van der Waals surface area contributed by atoms with Gasteiger partial charge in [0.25, 0.3) is 0 Å². The molecule has 0 unspecified atom stereocenters. The summed E-state index contributed by atoms with van der Waals surface area (Å²) in [5, 5.41) is 16.0. The number of amides is 1. The second kappa shape index (κ2) is 8.55. The number of pyridine rings is 1. The predicted molar refractivity (Wildman–Crippen MR) is 108 cm³/mol. The number of rotatable bonds is 6. The van der Waals surface area contributed by atoms with E-state index in [-0.39, 0.29) is 30.5 Å². The Morgan fingerprint density at radius 3 is 2.61 bits per heavy atom. The summed E-state index contributed by atoms with van der Waals surface area (Å²) < 4.78 is 0. The highest BCUT2D eigenvalue weighted by Crippen LogP contribution is 2.33. The second-order valence-electron chi connectivity index (χ2n) is 7.65. The van der Waals surface area contributed by atoms with Crippen LogP contribution in [0.3, 0.4) is 0 Å². The van der Waals surface area contributed by atoms with E-state index in [0.29, 0.717) is 18.9 Å². The van der Waals surface area contributed by atoms with Crippen molar-refractivity contribution >= 4 is 5.91 Å². The summed E-state index contributed by atoms with van der Waals surface area (Å²) in [6.45, 7) is 0.676. The Kier molecular flexibility index (Phi) is 5.70. The maximum atomic E-state index is 12.0. The fourth-order valence-corrected chi connectivity index (χ4v) is 3.71. The van der Waals surface area contributed by atoms with Gasteiger partial charge < -0.3 is 15.7 Å². The fraction of sp³-hybridized carbons (Fsp3) is 0.391. The van der Waals surface area contributed by atoms with Gasteiger partial charge in [0.1, 0.15) is 0 Å². The first-order valence-electron chi connectivity index (χ1n) is 9.88. The Morgan fingerprint density at radius 2 is 1.93 bits per heavy atom. The minimum Gasteiger partial charge on any atom is -0.395 e. The van der Waals surface area contributed by atoms with E-state index in [1.165, 1.54) is 12.8 Å². The van der Waals surface area contributed by atoms with Crippen molar-refractivity contribution in [2.45, 2.75) is 37.3 Å². The topological polar surface area (TPSA) is 74.2 Å². The number of carbonyl (C=O) groups excluding carboxylic acids is 1. The van der Waals surface area contributed by atoms with Gasteiger partial charge in [-0.05, 0) is 48.6 Å². The average molecular weight is 375 g/mol. The summed E-state index contributed by atoms with van der Waals surface area (Å²) in [4.78, 5) is 16.0. The predicted octanol–water partition coefficient (Wildman–Crippen LogP) is 1.81. The molecule has 3 N–H and O–H groups in total. The number of benzene rings is 1. The molecule has 5 nitrogen and oxygen atoms in total. The number of aromatic nitrogens is 1. The van der Waals surface area contributed by atoms with Crippen molar-refractivity contribution in [1.82, 2.24) is 15.6 Å². The molecule has 28 heavy (non-hydrogen) atoms. The molecule has 4 rings (SSSR count). The first-order valence-corrected chi connectivity index (χ1v) is 9.88. The van der Waals surface area contributed by atoms with Gasteiger partial charge >= 0.3 is 0 Å². The van der Waals surface area contributed by atoms with Crippen molar-refractivity contribution in [3.8, 4) is 11.8 Å². The molecule has 1 saturated carbocycles. The molecule has 2 aromatic rings. The number of hydrogen-bond acceptors (Lipinski definition) is 4. The zero-order chi connectivity index (χ0) is 19.3. The summed E-state index contributed by atoms with van der Waals surface area (Å²) >= 11 is 0. The van der Waals surface area contributed by atoms with Crippen LogP contribution in [0.4, 0.5) is 0 Å². The number of hydrogen-bond donors (Lipinski definition) is 3. The molecule has 5 heteroatoms. The number of aliphatic hydroxyl groups excluding tert-OH is 1. The van der Waals surface area contributed by atoms with E-state index >= 15 is 0 Å². The van der Waals surface area contributed by atoms with Gasteiger partial charge in [0.05, 0.1) is 6.61 Å². The largest absolute Gasteiger partial charge is 0.395 e. The molecule has 1 aromatic carbocycles. The molecule has 1 aliphatic heterocycles. The van der Waals surface area contributed by atoms with Crippen molar-refractivity contribution in [3.63, 3.8) is 0 Å². The zero-order valence-electron chi connectivity index (χ0n) is 15.8. The van der Waals surface area contributed by atoms with Crippen molar-refractivity contribution in [3.05, 3.63) is 65.5 Å². The Morgan fingerprint density at radius 1 is 1.14 bits per heavy atom. The van der Waals surface area contributed by atoms with E-state index < -0.39 is 0 Å². The first-order chi connectivity index (χ1) is 13.7. The lowest BCUT2D eigenvalue weighted by Crippen LogP contribution is -2.64. The minimum atomic E-state index is 0.0256. The third-order valence-electron chi connectivity index (χ3n) is 5.49. The van der Waals surface area contributed by atoms with Crippen LogP contribution < -0.4 is 10.6 Å². The van der Waals surface area contributed by atoms with Gasteiger partial charge in [-0.3, -0.25) is 9.78 Å². The van der Waals surface area contributed by atoms with Crippen molar-refractivity contribution < 1.29 is 9.90 Å². The van der Waals surface area contributed by atoms with Gasteiger partial charge in [-0.2, -0.15) is 0 Å². The normalized spacial score (nSPS) is 23.2. The standard InChI is InChI=1S/C23H25N3O2/c27-15-21-23(20(26-21)14-25-22(28)12-17-4-5-17)19-9-7-16(8-10-19)3-6-18-2-1-11-24-13-18/h1-2,7-11,13,17,20-21,23,26-27H,4-5,12,14-15H2,(H,25,28)/t20-,21+,23+/m0/s1. The van der Waals surface area contributed by atoms with Crippen molar-refractivity contribution in [1.29, 1.82) is 0 Å². The third-order valence-corrected chi connectivity index (χ3v) is 5.49. The Hall–Kier alpha value is -2.68. The Labute approximate surface area is 165 Å². The van der Waals surface area contributed by atoms with Gasteiger partial charge in [0.15, 0.2) is 0 Å². The maximum Gasteiger partial charge on any atom is 0.220 e. The average Bonchev–Trinajstić information content (AvgIpc) is 3.51. The van der Waals surface area contributed by atoms with Crippen LogP contribution in [0, 0.1) is 17.8 Å². The van der Waals surface area contributed by atoms with E-state index in [0.717, 1.165) is 16.7 Å². The van der Waals surface area contributed by atoms with Gasteiger partial charge in [0, 0.05) is 54.5 Å². The van der Waals surface area contributed by atoms with Crippen LogP contribution in [-0.4, -0.2) is 41.2 Å². The molecule has 0 radical (unpaired) electrons. The summed E-state index contributed by atoms with van der Waals surface area (Å²) in [5.41, 5.74) is 2.98. The summed E-state index contributed by atoms with van der Waals surface area (Å²) in [6, 6.07) is 12.1. The Balaban J connectivity index is 1.38. The van der Waals surface area contributed by atoms with Crippen LogP contribution in [0.15, 0.2) is 48.8 Å². The van der Waals surface area contributed by atoms with Crippen LogP contribution in [0.2, 0.25) is 0 Å². The molecule has 1 aromatic heterocycles. The summed E-state index contributed by atoms with van der Waals surface area (Å²) in [6.07, 6.45) is 6.48. The third kappa shape index (κ3) is 4.59. The van der Waals surface area contributed by atoms with Crippen LogP contribution in [-0.2, 0) is 4.79 Å². The molecule has 144 valence electrons. The van der Waals surface area contributed by atoms with E-state index in [1.54, 1.807) is 12.4 Å². The molecule has 1 aliphatic carbocycles. The fourth-order valence-electron chi connectivity index (χ4n) is 3.71. The molecule has 2 heterocycles. The summed E-state index contributed by atoms with van der Waals surface area (Å²) in [7, 11) is 0. The van der Waals surface area contributed by atoms with Gasteiger partial charge in [-0.25, -0.2) is 0 Å². The number of aliphatic hydroxyl groups is 1. The van der Waals surface area contributed by atoms with Crippen LogP contribution in [0.5, 0.6) is 0 Å². The van der Waals surface area contributed by atoms with Gasteiger partial charge in [-0.1, -0.05) is 24.0 Å². The number of nitrogens with zero attached hydrogens (tertiary/aromatic N) is 1. The molecule has 2 aliphatic rings. The van der Waals surface area contributed by atoms with E-state index in [1.807, 2.05) is 24.3 Å². The van der Waals surface area contributed by atoms with E-state index in [4.69, 9.17) is 0 Å². The van der Waals surface area contributed by atoms with Crippen LogP contribution >= 0.6 is 0 Å². The first kappa shape index (κ1) is 18.7. The lowest BCUT2D eigenvalue weighted by Gasteiger charge is -2.46. The molecular formula is C23H25N3O2. The number of carbonyl (C=O) groups is 1. The SMILES string of the molecule is O=C(CC1CC1)NC[C@@H]1N[C@H](CO)[C@@H]1c1ccc(C#Cc2cccnc2)cc1. The molecule has 1 amide bonds. The van der Waals surface area contributed by atoms with Crippen LogP contribution in [0.1, 0.15) is 41.9 Å². The molecular weight excluding hydrogens is 350 g/mol. The maximum absolute atomic E-state index is 12.0.